The summed E-state index contributed by atoms with van der Waals surface area (Å²) in [5.41, 5.74) is 1.20. The molecule has 17 heavy (non-hydrogen) atoms. The zero-order valence-corrected chi connectivity index (χ0v) is 10.1. The molecule has 0 aliphatic carbocycles. The van der Waals surface area contributed by atoms with E-state index in [0.29, 0.717) is 0 Å². The molecule has 0 fully saturated rings. The third-order valence-corrected chi connectivity index (χ3v) is 3.15. The quantitative estimate of drug-likeness (QED) is 0.645. The van der Waals surface area contributed by atoms with Gasteiger partial charge in [-0.1, -0.05) is 36.4 Å². The predicted octanol–water partition coefficient (Wildman–Crippen LogP) is 3.23. The van der Waals surface area contributed by atoms with Crippen LogP contribution in [0.1, 0.15) is 15.2 Å². The highest BCUT2D eigenvalue weighted by Crippen LogP contribution is 2.09. The number of thiophene rings is 1. The van der Waals surface area contributed by atoms with Crippen molar-refractivity contribution >= 4 is 17.1 Å². The fourth-order valence-electron chi connectivity index (χ4n) is 1.41. The van der Waals surface area contributed by atoms with E-state index < -0.39 is 0 Å². The van der Waals surface area contributed by atoms with Crippen LogP contribution in [0.25, 0.3) is 0 Å². The molecule has 1 N–H and O–H groups in total. The minimum absolute atomic E-state index is 0.0422. The number of hydrogen-bond acceptors (Lipinski definition) is 3. The van der Waals surface area contributed by atoms with Crippen molar-refractivity contribution in [2.75, 3.05) is 0 Å². The van der Waals surface area contributed by atoms with Crippen LogP contribution < -0.4 is 5.32 Å². The topological polar surface area (TPSA) is 29.1 Å². The van der Waals surface area contributed by atoms with E-state index in [4.69, 9.17) is 0 Å². The molecule has 0 saturated heterocycles. The van der Waals surface area contributed by atoms with Crippen LogP contribution in [-0.4, -0.2) is 5.78 Å². The highest BCUT2D eigenvalue weighted by atomic mass is 32.1. The molecule has 0 aliphatic rings. The molecule has 0 unspecified atom stereocenters. The third-order valence-electron chi connectivity index (χ3n) is 2.27. The Hall–Kier alpha value is -1.87. The van der Waals surface area contributed by atoms with Gasteiger partial charge in [0, 0.05) is 18.8 Å². The summed E-state index contributed by atoms with van der Waals surface area (Å²) in [5, 5.41) is 5.00. The zero-order chi connectivity index (χ0) is 11.9. The highest BCUT2D eigenvalue weighted by molar-refractivity contribution is 7.12. The molecule has 0 atom stereocenters. The Morgan fingerprint density at radius 2 is 2.00 bits per heavy atom. The van der Waals surface area contributed by atoms with Gasteiger partial charge in [-0.15, -0.1) is 11.3 Å². The molecule has 0 saturated carbocycles. The van der Waals surface area contributed by atoms with E-state index in [1.54, 1.807) is 12.3 Å². The molecule has 1 aromatic heterocycles. The molecular weight excluding hydrogens is 230 g/mol. The van der Waals surface area contributed by atoms with E-state index in [2.05, 4.69) is 5.32 Å². The van der Waals surface area contributed by atoms with E-state index in [1.165, 1.54) is 16.9 Å². The largest absolute Gasteiger partial charge is 0.387 e. The summed E-state index contributed by atoms with van der Waals surface area (Å²) in [5.74, 6) is 0.0422. The highest BCUT2D eigenvalue weighted by Gasteiger charge is 2.00. The van der Waals surface area contributed by atoms with Crippen molar-refractivity contribution in [3.63, 3.8) is 0 Å². The van der Waals surface area contributed by atoms with E-state index in [0.717, 1.165) is 11.4 Å². The van der Waals surface area contributed by atoms with Crippen molar-refractivity contribution in [1.82, 2.24) is 5.32 Å². The Morgan fingerprint density at radius 3 is 2.71 bits per heavy atom. The molecule has 3 heteroatoms. The van der Waals surface area contributed by atoms with Crippen LogP contribution in [0, 0.1) is 0 Å². The Labute approximate surface area is 105 Å². The molecule has 0 amide bonds. The number of ketones is 1. The smallest absolute Gasteiger partial charge is 0.197 e. The van der Waals surface area contributed by atoms with Gasteiger partial charge in [-0.3, -0.25) is 4.79 Å². The van der Waals surface area contributed by atoms with Gasteiger partial charge in [0.25, 0.3) is 0 Å². The first-order valence-electron chi connectivity index (χ1n) is 5.38. The lowest BCUT2D eigenvalue weighted by Crippen LogP contribution is -2.05. The zero-order valence-electron chi connectivity index (χ0n) is 9.30. The normalized spacial score (nSPS) is 10.6. The van der Waals surface area contributed by atoms with E-state index in [9.17, 15) is 4.79 Å². The first-order chi connectivity index (χ1) is 8.36. The molecule has 2 rings (SSSR count). The average Bonchev–Trinajstić information content (AvgIpc) is 2.89. The van der Waals surface area contributed by atoms with Gasteiger partial charge in [0.05, 0.1) is 4.88 Å². The number of rotatable bonds is 5. The molecule has 1 aromatic carbocycles. The van der Waals surface area contributed by atoms with Crippen LogP contribution in [-0.2, 0) is 6.54 Å². The summed E-state index contributed by atoms with van der Waals surface area (Å²) >= 11 is 1.46. The molecule has 86 valence electrons. The predicted molar refractivity (Wildman–Crippen MR) is 71.1 cm³/mol. The van der Waals surface area contributed by atoms with Gasteiger partial charge in [0.1, 0.15) is 0 Å². The van der Waals surface area contributed by atoms with Crippen molar-refractivity contribution in [3.05, 3.63) is 70.6 Å². The Kier molecular flexibility index (Phi) is 4.11. The number of allylic oxidation sites excluding steroid dienone is 1. The van der Waals surface area contributed by atoms with Gasteiger partial charge in [-0.25, -0.2) is 0 Å². The molecule has 2 nitrogen and oxygen atoms in total. The van der Waals surface area contributed by atoms with Crippen LogP contribution >= 0.6 is 11.3 Å². The summed E-state index contributed by atoms with van der Waals surface area (Å²) in [6.07, 6.45) is 3.27. The van der Waals surface area contributed by atoms with Gasteiger partial charge in [-0.2, -0.15) is 0 Å². The van der Waals surface area contributed by atoms with Crippen LogP contribution in [0.15, 0.2) is 60.1 Å². The summed E-state index contributed by atoms with van der Waals surface area (Å²) in [4.78, 5) is 12.4. The van der Waals surface area contributed by atoms with Gasteiger partial charge in [-0.05, 0) is 17.0 Å². The summed E-state index contributed by atoms with van der Waals surface area (Å²) in [7, 11) is 0. The number of carbonyl (C=O) groups is 1. The minimum atomic E-state index is 0.0422. The fourth-order valence-corrected chi connectivity index (χ4v) is 2.05. The Balaban J connectivity index is 1.81. The Bertz CT molecular complexity index is 488. The van der Waals surface area contributed by atoms with Crippen LogP contribution in [0.4, 0.5) is 0 Å². The second-order valence-corrected chi connectivity index (χ2v) is 4.49. The first kappa shape index (κ1) is 11.6. The van der Waals surface area contributed by atoms with Crippen LogP contribution in [0.5, 0.6) is 0 Å². The van der Waals surface area contributed by atoms with Crippen molar-refractivity contribution in [2.24, 2.45) is 0 Å². The van der Waals surface area contributed by atoms with Crippen LogP contribution in [0.2, 0.25) is 0 Å². The Morgan fingerprint density at radius 1 is 1.18 bits per heavy atom. The van der Waals surface area contributed by atoms with Gasteiger partial charge < -0.3 is 5.32 Å². The standard InChI is InChI=1S/C14H13NOS/c16-13(14-7-4-10-17-14)8-9-15-11-12-5-2-1-3-6-12/h1-10,15H,11H2/b9-8-. The molecular formula is C14H13NOS. The molecule has 0 bridgehead atoms. The average molecular weight is 243 g/mol. The van der Waals surface area contributed by atoms with E-state index in [1.807, 2.05) is 47.8 Å². The lowest BCUT2D eigenvalue weighted by molar-refractivity contribution is 0.105. The van der Waals surface area contributed by atoms with Crippen LogP contribution in [0.3, 0.4) is 0 Å². The maximum absolute atomic E-state index is 11.6. The monoisotopic (exact) mass is 243 g/mol. The van der Waals surface area contributed by atoms with Gasteiger partial charge >= 0.3 is 0 Å². The molecule has 0 spiro atoms. The van der Waals surface area contributed by atoms with Crippen molar-refractivity contribution < 1.29 is 4.79 Å². The second kappa shape index (κ2) is 6.01. The SMILES string of the molecule is O=C(/C=C\NCc1ccccc1)c1cccs1. The summed E-state index contributed by atoms with van der Waals surface area (Å²) < 4.78 is 0. The number of benzene rings is 1. The van der Waals surface area contributed by atoms with Crippen molar-refractivity contribution in [3.8, 4) is 0 Å². The van der Waals surface area contributed by atoms with E-state index in [-0.39, 0.29) is 5.78 Å². The molecule has 0 radical (unpaired) electrons. The van der Waals surface area contributed by atoms with Crippen molar-refractivity contribution in [1.29, 1.82) is 0 Å². The van der Waals surface area contributed by atoms with Crippen molar-refractivity contribution in [2.45, 2.75) is 6.54 Å². The second-order valence-electron chi connectivity index (χ2n) is 3.54. The minimum Gasteiger partial charge on any atom is -0.387 e. The molecule has 1 heterocycles. The maximum atomic E-state index is 11.6. The lowest BCUT2D eigenvalue weighted by atomic mass is 10.2. The molecule has 2 aromatic rings. The third kappa shape index (κ3) is 3.57. The summed E-state index contributed by atoms with van der Waals surface area (Å²) in [6, 6.07) is 13.8. The van der Waals surface area contributed by atoms with E-state index >= 15 is 0 Å². The lowest BCUT2D eigenvalue weighted by Gasteiger charge is -1.99. The van der Waals surface area contributed by atoms with Gasteiger partial charge in [0.15, 0.2) is 5.78 Å². The first-order valence-corrected chi connectivity index (χ1v) is 6.26. The molecule has 0 aliphatic heterocycles. The number of carbonyl (C=O) groups excluding carboxylic acids is 1. The fraction of sp³-hybridized carbons (Fsp3) is 0.0714. The number of hydrogen-bond donors (Lipinski definition) is 1. The number of nitrogens with one attached hydrogen (secondary N) is 1. The maximum Gasteiger partial charge on any atom is 0.197 e. The van der Waals surface area contributed by atoms with Gasteiger partial charge in [0.2, 0.25) is 0 Å². The summed E-state index contributed by atoms with van der Waals surface area (Å²) in [6.45, 7) is 0.731.